The molecule has 0 N–H and O–H groups in total. The van der Waals surface area contributed by atoms with Gasteiger partial charge in [-0.15, -0.1) is 11.8 Å². The highest BCUT2D eigenvalue weighted by Gasteiger charge is 2.27. The van der Waals surface area contributed by atoms with Crippen molar-refractivity contribution in [2.45, 2.75) is 16.3 Å². The number of anilines is 1. The number of ether oxygens (including phenoxy) is 1. The van der Waals surface area contributed by atoms with Gasteiger partial charge in [-0.3, -0.25) is 14.7 Å². The second-order valence-corrected chi connectivity index (χ2v) is 11.9. The van der Waals surface area contributed by atoms with Gasteiger partial charge in [0.1, 0.15) is 0 Å². The van der Waals surface area contributed by atoms with E-state index in [1.54, 1.807) is 41.2 Å². The molecule has 1 amide bonds. The number of carbonyl (C=O) groups excluding carboxylic acids is 1. The fraction of sp³-hybridized carbons (Fsp3) is 0.240. The Labute approximate surface area is 218 Å². The molecule has 0 radical (unpaired) electrons. The number of carbonyl (C=O) groups is 1. The lowest BCUT2D eigenvalue weighted by molar-refractivity contribution is 0.0730. The number of hydrogen-bond donors (Lipinski definition) is 0. The van der Waals surface area contributed by atoms with E-state index in [-0.39, 0.29) is 17.3 Å². The molecule has 11 heteroatoms. The van der Waals surface area contributed by atoms with Crippen molar-refractivity contribution in [3.8, 4) is 0 Å². The van der Waals surface area contributed by atoms with Gasteiger partial charge in [-0.05, 0) is 54.3 Å². The molecule has 3 heterocycles. The highest BCUT2D eigenvalue weighted by atomic mass is 32.2. The Balaban J connectivity index is 1.48. The molecule has 1 aliphatic heterocycles. The van der Waals surface area contributed by atoms with E-state index in [1.807, 2.05) is 36.6 Å². The van der Waals surface area contributed by atoms with Crippen LogP contribution in [0.1, 0.15) is 15.9 Å². The fourth-order valence-corrected chi connectivity index (χ4v) is 6.98. The smallest absolute Gasteiger partial charge is 0.260 e. The zero-order valence-electron chi connectivity index (χ0n) is 19.5. The largest absolute Gasteiger partial charge is 0.379 e. The molecule has 0 saturated carbocycles. The first-order valence-electron chi connectivity index (χ1n) is 11.3. The molecule has 36 heavy (non-hydrogen) atoms. The minimum absolute atomic E-state index is 0.157. The summed E-state index contributed by atoms with van der Waals surface area (Å²) in [6.45, 7) is 1.67. The Morgan fingerprint density at radius 1 is 1.11 bits per heavy atom. The van der Waals surface area contributed by atoms with Gasteiger partial charge >= 0.3 is 0 Å². The van der Waals surface area contributed by atoms with Crippen molar-refractivity contribution in [1.82, 2.24) is 14.3 Å². The summed E-state index contributed by atoms with van der Waals surface area (Å²) in [5.74, 6) is -0.265. The van der Waals surface area contributed by atoms with Crippen molar-refractivity contribution >= 4 is 54.4 Å². The van der Waals surface area contributed by atoms with Crippen LogP contribution < -0.4 is 4.90 Å². The van der Waals surface area contributed by atoms with Crippen LogP contribution in [0, 0.1) is 0 Å². The summed E-state index contributed by atoms with van der Waals surface area (Å²) in [6, 6.07) is 15.8. The number of thiazole rings is 1. The lowest BCUT2D eigenvalue weighted by atomic mass is 10.2. The van der Waals surface area contributed by atoms with E-state index in [9.17, 15) is 13.2 Å². The van der Waals surface area contributed by atoms with Crippen molar-refractivity contribution in [2.24, 2.45) is 0 Å². The predicted molar refractivity (Wildman–Crippen MR) is 142 cm³/mol. The van der Waals surface area contributed by atoms with Gasteiger partial charge in [-0.1, -0.05) is 23.5 Å². The first kappa shape index (κ1) is 24.8. The number of rotatable bonds is 7. The predicted octanol–water partition coefficient (Wildman–Crippen LogP) is 4.28. The van der Waals surface area contributed by atoms with Gasteiger partial charge in [-0.2, -0.15) is 4.31 Å². The first-order chi connectivity index (χ1) is 17.5. The molecule has 0 spiro atoms. The molecular weight excluding hydrogens is 517 g/mol. The number of fused-ring (bicyclic) bond motifs is 1. The van der Waals surface area contributed by atoms with E-state index in [0.29, 0.717) is 37.0 Å². The van der Waals surface area contributed by atoms with Crippen LogP contribution in [0.15, 0.2) is 76.8 Å². The summed E-state index contributed by atoms with van der Waals surface area (Å²) in [5, 5.41) is 0.574. The summed E-state index contributed by atoms with van der Waals surface area (Å²) >= 11 is 3.06. The van der Waals surface area contributed by atoms with E-state index in [0.717, 1.165) is 20.7 Å². The number of thioether (sulfide) groups is 1. The number of benzene rings is 2. The maximum atomic E-state index is 13.7. The Kier molecular flexibility index (Phi) is 7.35. The molecule has 0 aliphatic carbocycles. The van der Waals surface area contributed by atoms with Gasteiger partial charge in [0.05, 0.1) is 34.9 Å². The summed E-state index contributed by atoms with van der Waals surface area (Å²) in [7, 11) is -3.64. The Morgan fingerprint density at radius 2 is 1.89 bits per heavy atom. The molecule has 1 saturated heterocycles. The molecule has 2 aromatic heterocycles. The summed E-state index contributed by atoms with van der Waals surface area (Å²) in [5.41, 5.74) is 2.10. The highest BCUT2D eigenvalue weighted by molar-refractivity contribution is 7.98. The summed E-state index contributed by atoms with van der Waals surface area (Å²) in [6.07, 6.45) is 5.41. The molecule has 0 bridgehead atoms. The third kappa shape index (κ3) is 5.02. The minimum Gasteiger partial charge on any atom is -0.379 e. The second-order valence-electron chi connectivity index (χ2n) is 8.10. The maximum Gasteiger partial charge on any atom is 0.260 e. The van der Waals surface area contributed by atoms with Crippen LogP contribution in [0.2, 0.25) is 0 Å². The van der Waals surface area contributed by atoms with Gasteiger partial charge in [0.2, 0.25) is 10.0 Å². The number of nitrogens with zero attached hydrogens (tertiary/aromatic N) is 4. The number of pyridine rings is 1. The third-order valence-corrected chi connectivity index (χ3v) is 9.56. The van der Waals surface area contributed by atoms with Gasteiger partial charge < -0.3 is 4.74 Å². The second kappa shape index (κ2) is 10.7. The van der Waals surface area contributed by atoms with Crippen molar-refractivity contribution in [3.05, 3.63) is 78.1 Å². The molecule has 0 atom stereocenters. The van der Waals surface area contributed by atoms with Crippen molar-refractivity contribution in [3.63, 3.8) is 0 Å². The maximum absolute atomic E-state index is 13.7. The Morgan fingerprint density at radius 3 is 2.58 bits per heavy atom. The van der Waals surface area contributed by atoms with E-state index in [2.05, 4.69) is 4.98 Å². The van der Waals surface area contributed by atoms with Gasteiger partial charge in [0.25, 0.3) is 5.91 Å². The number of hydrogen-bond acceptors (Lipinski definition) is 8. The lowest BCUT2D eigenvalue weighted by Gasteiger charge is -2.26. The van der Waals surface area contributed by atoms with Crippen molar-refractivity contribution in [1.29, 1.82) is 0 Å². The van der Waals surface area contributed by atoms with Crippen LogP contribution in [-0.2, 0) is 21.3 Å². The highest BCUT2D eigenvalue weighted by Crippen LogP contribution is 2.35. The van der Waals surface area contributed by atoms with Crippen molar-refractivity contribution in [2.75, 3.05) is 37.5 Å². The Bertz CT molecular complexity index is 1470. The molecule has 0 unspecified atom stereocenters. The molecule has 5 rings (SSSR count). The molecule has 8 nitrogen and oxygen atoms in total. The quantitative estimate of drug-likeness (QED) is 0.323. The average Bonchev–Trinajstić information content (AvgIpc) is 3.37. The monoisotopic (exact) mass is 540 g/mol. The van der Waals surface area contributed by atoms with Crippen molar-refractivity contribution < 1.29 is 17.9 Å². The molecule has 1 fully saturated rings. The molecular formula is C25H24N4O4S3. The third-order valence-electron chi connectivity index (χ3n) is 5.84. The van der Waals surface area contributed by atoms with Crippen LogP contribution in [-0.4, -0.2) is 61.2 Å². The number of morpholine rings is 1. The fourth-order valence-electron chi connectivity index (χ4n) is 3.95. The topological polar surface area (TPSA) is 92.7 Å². The number of aromatic nitrogens is 2. The van der Waals surface area contributed by atoms with E-state index in [1.165, 1.54) is 27.8 Å². The molecule has 4 aromatic rings. The minimum atomic E-state index is -3.64. The van der Waals surface area contributed by atoms with Crippen LogP contribution in [0.3, 0.4) is 0 Å². The van der Waals surface area contributed by atoms with Gasteiger partial charge in [0.15, 0.2) is 5.13 Å². The normalized spacial score (nSPS) is 14.7. The van der Waals surface area contributed by atoms with Crippen LogP contribution in [0.5, 0.6) is 0 Å². The zero-order valence-corrected chi connectivity index (χ0v) is 22.0. The SMILES string of the molecule is CSc1cccc2sc(N(Cc3cccnc3)C(=O)c3ccc(S(=O)(=O)N4CCOCC4)cc3)nc12. The number of para-hydroxylation sites is 1. The number of sulfonamides is 1. The molecule has 2 aromatic carbocycles. The van der Waals surface area contributed by atoms with Crippen LogP contribution in [0.4, 0.5) is 5.13 Å². The molecule has 186 valence electrons. The standard InChI is InChI=1S/C25H24N4O4S3/c1-34-21-5-2-6-22-23(21)27-25(35-22)29(17-18-4-3-11-26-16-18)24(30)19-7-9-20(10-8-19)36(31,32)28-12-14-33-15-13-28/h2-11,16H,12-15,17H2,1H3. The van der Waals surface area contributed by atoms with Gasteiger partial charge in [0, 0.05) is 35.9 Å². The Hall–Kier alpha value is -2.83. The number of amides is 1. The zero-order chi connectivity index (χ0) is 25.1. The molecule has 1 aliphatic rings. The van der Waals surface area contributed by atoms with Crippen LogP contribution in [0.25, 0.3) is 10.2 Å². The van der Waals surface area contributed by atoms with E-state index >= 15 is 0 Å². The first-order valence-corrected chi connectivity index (χ1v) is 14.8. The lowest BCUT2D eigenvalue weighted by Crippen LogP contribution is -2.40. The summed E-state index contributed by atoms with van der Waals surface area (Å²) < 4.78 is 33.6. The van der Waals surface area contributed by atoms with E-state index in [4.69, 9.17) is 9.72 Å². The summed E-state index contributed by atoms with van der Waals surface area (Å²) in [4.78, 5) is 25.5. The van der Waals surface area contributed by atoms with Crippen LogP contribution >= 0.6 is 23.1 Å². The average molecular weight is 541 g/mol. The van der Waals surface area contributed by atoms with Gasteiger partial charge in [-0.25, -0.2) is 13.4 Å². The van der Waals surface area contributed by atoms with E-state index < -0.39 is 10.0 Å².